The molecule has 29 heavy (non-hydrogen) atoms. The van der Waals surface area contributed by atoms with Gasteiger partial charge in [-0.15, -0.1) is 0 Å². The molecule has 0 bridgehead atoms. The predicted octanol–water partition coefficient (Wildman–Crippen LogP) is 5.66. The van der Waals surface area contributed by atoms with E-state index < -0.39 is 17.9 Å². The van der Waals surface area contributed by atoms with E-state index in [0.717, 1.165) is 17.3 Å². The number of hydrogen-bond acceptors (Lipinski definition) is 6. The third kappa shape index (κ3) is 5.00. The van der Waals surface area contributed by atoms with Gasteiger partial charge >= 0.3 is 5.97 Å². The van der Waals surface area contributed by atoms with E-state index in [1.807, 2.05) is 6.26 Å². The fourth-order valence-corrected chi connectivity index (χ4v) is 4.80. The second kappa shape index (κ2) is 9.57. The normalized spacial score (nSPS) is 16.7. The number of nitrogens with zero attached hydrogens (tertiary/aromatic N) is 1. The Morgan fingerprint density at radius 1 is 1.34 bits per heavy atom. The van der Waals surface area contributed by atoms with Gasteiger partial charge in [0.2, 0.25) is 0 Å². The van der Waals surface area contributed by atoms with E-state index in [1.54, 1.807) is 36.4 Å². The fourth-order valence-electron chi connectivity index (χ4n) is 2.71. The molecule has 1 N–H and O–H groups in total. The third-order valence-corrected chi connectivity index (χ3v) is 6.83. The van der Waals surface area contributed by atoms with E-state index in [1.165, 1.54) is 16.7 Å². The summed E-state index contributed by atoms with van der Waals surface area (Å²) in [6.45, 7) is 0. The Bertz CT molecular complexity index is 1010. The maximum Gasteiger partial charge on any atom is 0.326 e. The molecule has 3 rings (SSSR count). The molecule has 10 heteroatoms. The number of carboxylic acids is 1. The molecule has 0 radical (unpaired) electrons. The highest BCUT2D eigenvalue weighted by Gasteiger charge is 2.40. The van der Waals surface area contributed by atoms with Gasteiger partial charge < -0.3 is 9.52 Å². The summed E-state index contributed by atoms with van der Waals surface area (Å²) < 4.78 is 6.02. The smallest absolute Gasteiger partial charge is 0.326 e. The van der Waals surface area contributed by atoms with Crippen LogP contribution in [-0.4, -0.2) is 44.3 Å². The second-order valence-corrected chi connectivity index (χ2v) is 9.49. The van der Waals surface area contributed by atoms with Crippen LogP contribution in [0.1, 0.15) is 12.2 Å². The molecule has 1 aromatic carbocycles. The van der Waals surface area contributed by atoms with Crippen molar-refractivity contribution < 1.29 is 19.1 Å². The Morgan fingerprint density at radius 2 is 2.10 bits per heavy atom. The quantitative estimate of drug-likeness (QED) is 0.398. The highest BCUT2D eigenvalue weighted by atomic mass is 35.5. The Hall–Kier alpha value is -1.45. The van der Waals surface area contributed by atoms with E-state index in [2.05, 4.69) is 0 Å². The average molecular weight is 488 g/mol. The number of benzene rings is 1. The number of carbonyl (C=O) groups excluding carboxylic acids is 1. The van der Waals surface area contributed by atoms with Crippen LogP contribution in [0.25, 0.3) is 17.4 Å². The average Bonchev–Trinajstić information content (AvgIpc) is 3.24. The Morgan fingerprint density at radius 3 is 2.76 bits per heavy atom. The third-order valence-electron chi connectivity index (χ3n) is 4.12. The first-order valence-corrected chi connectivity index (χ1v) is 11.7. The van der Waals surface area contributed by atoms with Crippen molar-refractivity contribution in [2.45, 2.75) is 12.5 Å². The molecule has 1 fully saturated rings. The van der Waals surface area contributed by atoms with E-state index in [9.17, 15) is 14.7 Å². The number of thiocarbonyl (C=S) groups is 1. The number of rotatable bonds is 7. The molecular formula is C19H15Cl2NO4S3. The Labute approximate surface area is 191 Å². The SMILES string of the molecule is CSCC[C@@H](C(=O)O)N1C(=O)/C(=C\c2ccc(-c3ccc(Cl)c(Cl)c3)o2)SC1=S. The first-order chi connectivity index (χ1) is 13.8. The molecule has 0 unspecified atom stereocenters. The highest BCUT2D eigenvalue weighted by molar-refractivity contribution is 8.26. The lowest BCUT2D eigenvalue weighted by atomic mass is 10.2. The van der Waals surface area contributed by atoms with Crippen LogP contribution in [0.15, 0.2) is 39.7 Å². The van der Waals surface area contributed by atoms with Gasteiger partial charge in [0.05, 0.1) is 15.0 Å². The van der Waals surface area contributed by atoms with Gasteiger partial charge in [0.15, 0.2) is 0 Å². The van der Waals surface area contributed by atoms with Crippen LogP contribution in [-0.2, 0) is 9.59 Å². The van der Waals surface area contributed by atoms with Gasteiger partial charge in [0.1, 0.15) is 21.9 Å². The zero-order valence-electron chi connectivity index (χ0n) is 15.1. The van der Waals surface area contributed by atoms with Crippen LogP contribution in [0.3, 0.4) is 0 Å². The van der Waals surface area contributed by atoms with Crippen molar-refractivity contribution in [1.29, 1.82) is 0 Å². The van der Waals surface area contributed by atoms with Gasteiger partial charge in [-0.1, -0.05) is 47.2 Å². The summed E-state index contributed by atoms with van der Waals surface area (Å²) in [5.74, 6) is 0.117. The van der Waals surface area contributed by atoms with Crippen LogP contribution in [0.4, 0.5) is 0 Å². The van der Waals surface area contributed by atoms with Gasteiger partial charge in [-0.05, 0) is 48.8 Å². The molecule has 2 aromatic rings. The molecule has 1 aliphatic rings. The lowest BCUT2D eigenvalue weighted by Crippen LogP contribution is -2.44. The zero-order valence-corrected chi connectivity index (χ0v) is 19.0. The highest BCUT2D eigenvalue weighted by Crippen LogP contribution is 2.36. The standard InChI is InChI=1S/C19H15Cl2NO4S3/c1-28-7-6-14(18(24)25)22-17(23)16(29-19(22)27)9-11-3-5-15(26-11)10-2-4-12(20)13(21)8-10/h2-5,8-9,14H,6-7H2,1H3,(H,24,25)/b16-9+/t14-/m0/s1. The molecule has 5 nitrogen and oxygen atoms in total. The van der Waals surface area contributed by atoms with Crippen LogP contribution in [0.2, 0.25) is 10.0 Å². The first-order valence-electron chi connectivity index (χ1n) is 8.36. The largest absolute Gasteiger partial charge is 0.480 e. The monoisotopic (exact) mass is 487 g/mol. The van der Waals surface area contributed by atoms with Gasteiger partial charge in [-0.25, -0.2) is 4.79 Å². The summed E-state index contributed by atoms with van der Waals surface area (Å²) in [6, 6.07) is 7.63. The van der Waals surface area contributed by atoms with Crippen molar-refractivity contribution in [3.05, 3.63) is 51.0 Å². The minimum absolute atomic E-state index is 0.228. The van der Waals surface area contributed by atoms with Crippen molar-refractivity contribution in [3.63, 3.8) is 0 Å². The topological polar surface area (TPSA) is 70.8 Å². The van der Waals surface area contributed by atoms with E-state index >= 15 is 0 Å². The lowest BCUT2D eigenvalue weighted by molar-refractivity contribution is -0.145. The Kier molecular flexibility index (Phi) is 7.34. The molecule has 1 saturated heterocycles. The fraction of sp³-hybridized carbons (Fsp3) is 0.211. The van der Waals surface area contributed by atoms with Gasteiger partial charge in [-0.3, -0.25) is 9.69 Å². The molecule has 1 aliphatic heterocycles. The summed E-state index contributed by atoms with van der Waals surface area (Å²) in [4.78, 5) is 25.9. The molecule has 0 spiro atoms. The van der Waals surface area contributed by atoms with Crippen LogP contribution in [0, 0.1) is 0 Å². The second-order valence-electron chi connectivity index (χ2n) is 6.02. The van der Waals surface area contributed by atoms with Gasteiger partial charge in [0, 0.05) is 11.6 Å². The summed E-state index contributed by atoms with van der Waals surface area (Å²) in [6.07, 6.45) is 3.76. The maximum atomic E-state index is 12.8. The van der Waals surface area contributed by atoms with Crippen molar-refractivity contribution >= 4 is 81.2 Å². The lowest BCUT2D eigenvalue weighted by Gasteiger charge is -2.22. The zero-order chi connectivity index (χ0) is 21.1. The van der Waals surface area contributed by atoms with Gasteiger partial charge in [-0.2, -0.15) is 11.8 Å². The van der Waals surface area contributed by atoms with Crippen molar-refractivity contribution in [2.75, 3.05) is 12.0 Å². The van der Waals surface area contributed by atoms with Crippen molar-refractivity contribution in [1.82, 2.24) is 4.90 Å². The minimum atomic E-state index is -1.07. The van der Waals surface area contributed by atoms with Gasteiger partial charge in [0.25, 0.3) is 5.91 Å². The summed E-state index contributed by atoms with van der Waals surface area (Å²) in [5, 5.41) is 10.4. The number of hydrogen-bond donors (Lipinski definition) is 1. The first kappa shape index (κ1) is 22.2. The van der Waals surface area contributed by atoms with Crippen LogP contribution >= 0.6 is 58.9 Å². The minimum Gasteiger partial charge on any atom is -0.480 e. The van der Waals surface area contributed by atoms with Crippen LogP contribution in [0.5, 0.6) is 0 Å². The molecule has 1 amide bonds. The maximum absolute atomic E-state index is 12.8. The molecule has 152 valence electrons. The number of carbonyl (C=O) groups is 2. The van der Waals surface area contributed by atoms with E-state index in [-0.39, 0.29) is 4.32 Å². The predicted molar refractivity (Wildman–Crippen MR) is 124 cm³/mol. The van der Waals surface area contributed by atoms with Crippen LogP contribution < -0.4 is 0 Å². The van der Waals surface area contributed by atoms with Crippen molar-refractivity contribution in [2.24, 2.45) is 0 Å². The number of carboxylic acid groups (broad SMARTS) is 1. The van der Waals surface area contributed by atoms with E-state index in [0.29, 0.717) is 38.6 Å². The molecular weight excluding hydrogens is 473 g/mol. The van der Waals surface area contributed by atoms with E-state index in [4.69, 9.17) is 39.8 Å². The molecule has 0 saturated carbocycles. The number of halogens is 2. The summed E-state index contributed by atoms with van der Waals surface area (Å²) >= 11 is 19.8. The number of thioether (sulfide) groups is 2. The summed E-state index contributed by atoms with van der Waals surface area (Å²) in [5.41, 5.74) is 0.745. The Balaban J connectivity index is 1.83. The number of amides is 1. The molecule has 1 aromatic heterocycles. The molecule has 1 atom stereocenters. The molecule has 0 aliphatic carbocycles. The summed E-state index contributed by atoms with van der Waals surface area (Å²) in [7, 11) is 0. The van der Waals surface area contributed by atoms with Crippen molar-refractivity contribution in [3.8, 4) is 11.3 Å². The number of furan rings is 1. The molecule has 2 heterocycles. The number of aliphatic carboxylic acids is 1.